The molecule has 0 saturated heterocycles. The van der Waals surface area contributed by atoms with Crippen LogP contribution in [0.25, 0.3) is 11.3 Å². The molecule has 0 bridgehead atoms. The lowest BCUT2D eigenvalue weighted by Gasteiger charge is -2.05. The van der Waals surface area contributed by atoms with Crippen LogP contribution in [0.1, 0.15) is 11.1 Å². The summed E-state index contributed by atoms with van der Waals surface area (Å²) in [6.45, 7) is 2.47. The molecule has 2 N–H and O–H groups in total. The molecule has 0 amide bonds. The van der Waals surface area contributed by atoms with Gasteiger partial charge < -0.3 is 5.73 Å². The van der Waals surface area contributed by atoms with Crippen molar-refractivity contribution in [2.45, 2.75) is 13.5 Å². The Bertz CT molecular complexity index is 509. The van der Waals surface area contributed by atoms with E-state index in [0.717, 1.165) is 16.8 Å². The van der Waals surface area contributed by atoms with Crippen molar-refractivity contribution in [3.63, 3.8) is 0 Å². The number of halogens is 1. The molecular weight excluding hydrogens is 220 g/mol. The average molecular weight is 233 g/mol. The smallest absolute Gasteiger partial charge is 0.134 e. The Morgan fingerprint density at radius 1 is 1.25 bits per heavy atom. The Morgan fingerprint density at radius 3 is 2.69 bits per heavy atom. The molecule has 1 heterocycles. The molecular formula is C13H13ClN2. The maximum Gasteiger partial charge on any atom is 0.134 e. The van der Waals surface area contributed by atoms with E-state index in [4.69, 9.17) is 17.3 Å². The van der Waals surface area contributed by atoms with E-state index in [2.05, 4.69) is 24.0 Å². The van der Waals surface area contributed by atoms with Crippen LogP contribution in [0.3, 0.4) is 0 Å². The zero-order chi connectivity index (χ0) is 11.5. The van der Waals surface area contributed by atoms with Gasteiger partial charge >= 0.3 is 0 Å². The van der Waals surface area contributed by atoms with E-state index in [1.54, 1.807) is 0 Å². The Morgan fingerprint density at radius 2 is 2.06 bits per heavy atom. The number of rotatable bonds is 2. The van der Waals surface area contributed by atoms with Crippen LogP contribution < -0.4 is 5.73 Å². The first-order valence-corrected chi connectivity index (χ1v) is 5.51. The lowest BCUT2D eigenvalue weighted by atomic mass is 10.1. The predicted octanol–water partition coefficient (Wildman–Crippen LogP) is 3.17. The van der Waals surface area contributed by atoms with Gasteiger partial charge in [0.1, 0.15) is 5.15 Å². The summed E-state index contributed by atoms with van der Waals surface area (Å²) in [6.07, 6.45) is 0. The maximum atomic E-state index is 6.03. The van der Waals surface area contributed by atoms with Gasteiger partial charge in [-0.1, -0.05) is 41.4 Å². The summed E-state index contributed by atoms with van der Waals surface area (Å²) in [6, 6.07) is 12.0. The molecule has 0 aliphatic rings. The van der Waals surface area contributed by atoms with Crippen LogP contribution in [0.2, 0.25) is 5.15 Å². The summed E-state index contributed by atoms with van der Waals surface area (Å²) in [5.41, 5.74) is 9.57. The second-order valence-corrected chi connectivity index (χ2v) is 4.08. The number of nitrogens with zero attached hydrogens (tertiary/aromatic N) is 1. The number of hydrogen-bond donors (Lipinski definition) is 1. The second-order valence-electron chi connectivity index (χ2n) is 3.72. The van der Waals surface area contributed by atoms with Crippen molar-refractivity contribution in [2.75, 3.05) is 0 Å². The van der Waals surface area contributed by atoms with E-state index in [1.165, 1.54) is 5.56 Å². The van der Waals surface area contributed by atoms with E-state index >= 15 is 0 Å². The number of hydrogen-bond acceptors (Lipinski definition) is 2. The first-order valence-electron chi connectivity index (χ1n) is 5.13. The third-order valence-electron chi connectivity index (χ3n) is 2.46. The fraction of sp³-hybridized carbons (Fsp3) is 0.154. The Balaban J connectivity index is 2.45. The minimum absolute atomic E-state index is 0.417. The first kappa shape index (κ1) is 11.1. The number of aromatic nitrogens is 1. The minimum Gasteiger partial charge on any atom is -0.326 e. The fourth-order valence-electron chi connectivity index (χ4n) is 1.58. The molecule has 0 unspecified atom stereocenters. The lowest BCUT2D eigenvalue weighted by Crippen LogP contribution is -1.99. The Labute approximate surface area is 100 Å². The van der Waals surface area contributed by atoms with Gasteiger partial charge in [0.15, 0.2) is 0 Å². The molecule has 2 nitrogen and oxygen atoms in total. The highest BCUT2D eigenvalue weighted by Crippen LogP contribution is 2.22. The first-order chi connectivity index (χ1) is 7.70. The van der Waals surface area contributed by atoms with E-state index in [-0.39, 0.29) is 0 Å². The fourth-order valence-corrected chi connectivity index (χ4v) is 1.81. The van der Waals surface area contributed by atoms with E-state index in [0.29, 0.717) is 11.7 Å². The van der Waals surface area contributed by atoms with Gasteiger partial charge in [0.25, 0.3) is 0 Å². The van der Waals surface area contributed by atoms with E-state index in [1.807, 2.05) is 24.3 Å². The third kappa shape index (κ3) is 2.23. The van der Waals surface area contributed by atoms with Crippen LogP contribution in [-0.4, -0.2) is 4.98 Å². The molecule has 0 fully saturated rings. The average Bonchev–Trinajstić information content (AvgIpc) is 2.29. The van der Waals surface area contributed by atoms with Gasteiger partial charge in [-0.3, -0.25) is 0 Å². The normalized spacial score (nSPS) is 10.4. The van der Waals surface area contributed by atoms with Gasteiger partial charge in [-0.2, -0.15) is 0 Å². The monoisotopic (exact) mass is 232 g/mol. The topological polar surface area (TPSA) is 38.9 Å². The SMILES string of the molecule is Cc1cccc(-c2ccc(CN)c(Cl)n2)c1. The molecule has 0 aliphatic heterocycles. The summed E-state index contributed by atoms with van der Waals surface area (Å²) in [5, 5.41) is 0.488. The molecule has 1 aromatic heterocycles. The van der Waals surface area contributed by atoms with Gasteiger partial charge in [-0.25, -0.2) is 4.98 Å². The molecule has 0 saturated carbocycles. The number of benzene rings is 1. The number of pyridine rings is 1. The van der Waals surface area contributed by atoms with Crippen LogP contribution in [0.5, 0.6) is 0 Å². The van der Waals surface area contributed by atoms with Crippen molar-refractivity contribution >= 4 is 11.6 Å². The van der Waals surface area contributed by atoms with Gasteiger partial charge in [0.05, 0.1) is 5.69 Å². The maximum absolute atomic E-state index is 6.03. The minimum atomic E-state index is 0.417. The quantitative estimate of drug-likeness (QED) is 0.808. The zero-order valence-electron chi connectivity index (χ0n) is 9.07. The highest BCUT2D eigenvalue weighted by molar-refractivity contribution is 6.30. The van der Waals surface area contributed by atoms with Crippen molar-refractivity contribution in [1.82, 2.24) is 4.98 Å². The van der Waals surface area contributed by atoms with E-state index < -0.39 is 0 Å². The summed E-state index contributed by atoms with van der Waals surface area (Å²) in [7, 11) is 0. The lowest BCUT2D eigenvalue weighted by molar-refractivity contribution is 1.05. The molecule has 2 rings (SSSR count). The molecule has 0 atom stereocenters. The van der Waals surface area contributed by atoms with Crippen LogP contribution in [-0.2, 0) is 6.54 Å². The van der Waals surface area contributed by atoms with Crippen LogP contribution >= 0.6 is 11.6 Å². The van der Waals surface area contributed by atoms with Crippen molar-refractivity contribution in [1.29, 1.82) is 0 Å². The summed E-state index contributed by atoms with van der Waals surface area (Å²) in [5.74, 6) is 0. The third-order valence-corrected chi connectivity index (χ3v) is 2.79. The predicted molar refractivity (Wildman–Crippen MR) is 67.3 cm³/mol. The van der Waals surface area contributed by atoms with Crippen molar-refractivity contribution in [3.05, 3.63) is 52.7 Å². The van der Waals surface area contributed by atoms with E-state index in [9.17, 15) is 0 Å². The molecule has 0 radical (unpaired) electrons. The Hall–Kier alpha value is -1.38. The standard InChI is InChI=1S/C13H13ClN2/c1-9-3-2-4-10(7-9)12-6-5-11(8-15)13(14)16-12/h2-7H,8,15H2,1H3. The number of aryl methyl sites for hydroxylation is 1. The summed E-state index contributed by atoms with van der Waals surface area (Å²) in [4.78, 5) is 4.34. The summed E-state index contributed by atoms with van der Waals surface area (Å²) < 4.78 is 0. The largest absolute Gasteiger partial charge is 0.326 e. The van der Waals surface area contributed by atoms with Crippen molar-refractivity contribution in [2.24, 2.45) is 5.73 Å². The van der Waals surface area contributed by atoms with Gasteiger partial charge in [-0.15, -0.1) is 0 Å². The van der Waals surface area contributed by atoms with Crippen LogP contribution in [0.15, 0.2) is 36.4 Å². The molecule has 0 spiro atoms. The zero-order valence-corrected chi connectivity index (χ0v) is 9.83. The molecule has 3 heteroatoms. The second kappa shape index (κ2) is 4.64. The van der Waals surface area contributed by atoms with Gasteiger partial charge in [0, 0.05) is 17.7 Å². The van der Waals surface area contributed by atoms with Crippen molar-refractivity contribution < 1.29 is 0 Å². The molecule has 1 aromatic carbocycles. The molecule has 0 aliphatic carbocycles. The highest BCUT2D eigenvalue weighted by Gasteiger charge is 2.04. The Kier molecular flexibility index (Phi) is 3.22. The van der Waals surface area contributed by atoms with Crippen molar-refractivity contribution in [3.8, 4) is 11.3 Å². The molecule has 82 valence electrons. The number of nitrogens with two attached hydrogens (primary N) is 1. The van der Waals surface area contributed by atoms with Crippen LogP contribution in [0.4, 0.5) is 0 Å². The van der Waals surface area contributed by atoms with Crippen LogP contribution in [0, 0.1) is 6.92 Å². The summed E-state index contributed by atoms with van der Waals surface area (Å²) >= 11 is 6.03. The molecule has 16 heavy (non-hydrogen) atoms. The molecule has 2 aromatic rings. The highest BCUT2D eigenvalue weighted by atomic mass is 35.5. The van der Waals surface area contributed by atoms with Gasteiger partial charge in [0.2, 0.25) is 0 Å². The van der Waals surface area contributed by atoms with Gasteiger partial charge in [-0.05, 0) is 19.1 Å².